The first-order valence-corrected chi connectivity index (χ1v) is 6.93. The summed E-state index contributed by atoms with van der Waals surface area (Å²) in [6.07, 6.45) is 4.04. The average molecular weight is 254 g/mol. The maximum absolute atomic E-state index is 4.43. The third kappa shape index (κ3) is 3.42. The molecule has 1 heterocycles. The average Bonchev–Trinajstić information content (AvgIpc) is 2.43. The molecule has 0 aliphatic carbocycles. The molecule has 0 fully saturated rings. The number of nitrogens with zero attached hydrogens (tertiary/aromatic N) is 1. The quantitative estimate of drug-likeness (QED) is 0.780. The normalized spacial score (nSPS) is 12.5. The Labute approximate surface area is 115 Å². The molecule has 1 unspecified atom stereocenters. The van der Waals surface area contributed by atoms with E-state index in [9.17, 15) is 0 Å². The zero-order chi connectivity index (χ0) is 13.7. The van der Waals surface area contributed by atoms with Crippen LogP contribution < -0.4 is 5.32 Å². The van der Waals surface area contributed by atoms with Gasteiger partial charge in [0.15, 0.2) is 0 Å². The largest absolute Gasteiger partial charge is 0.310 e. The first kappa shape index (κ1) is 13.8. The molecule has 2 rings (SSSR count). The molecule has 0 amide bonds. The lowest BCUT2D eigenvalue weighted by Gasteiger charge is -2.20. The summed E-state index contributed by atoms with van der Waals surface area (Å²) in [5.74, 6) is 0. The Balaban J connectivity index is 2.35. The number of benzene rings is 1. The number of rotatable bonds is 6. The molecule has 0 aliphatic heterocycles. The number of nitrogens with one attached hydrogen (secondary N) is 1. The molecule has 0 spiro atoms. The molecule has 0 saturated carbocycles. The third-order valence-corrected chi connectivity index (χ3v) is 3.37. The van der Waals surface area contributed by atoms with Crippen LogP contribution in [0.25, 0.3) is 10.9 Å². The van der Waals surface area contributed by atoms with Gasteiger partial charge in [0.05, 0.1) is 5.52 Å². The number of hydrogen-bond acceptors (Lipinski definition) is 2. The Morgan fingerprint density at radius 2 is 2.11 bits per heavy atom. The van der Waals surface area contributed by atoms with Crippen molar-refractivity contribution >= 4 is 10.9 Å². The summed E-state index contributed by atoms with van der Waals surface area (Å²) in [6.45, 7) is 9.21. The summed E-state index contributed by atoms with van der Waals surface area (Å²) in [7, 11) is 0. The van der Waals surface area contributed by atoms with Gasteiger partial charge in [0.2, 0.25) is 0 Å². The van der Waals surface area contributed by atoms with E-state index >= 15 is 0 Å². The number of allylic oxidation sites excluding steroid dienone is 1. The van der Waals surface area contributed by atoms with Gasteiger partial charge in [0, 0.05) is 17.6 Å². The highest BCUT2D eigenvalue weighted by Crippen LogP contribution is 2.26. The van der Waals surface area contributed by atoms with Crippen molar-refractivity contribution in [3.8, 4) is 0 Å². The molecule has 1 aromatic heterocycles. The molecular formula is C17H22N2. The molecular weight excluding hydrogens is 232 g/mol. The van der Waals surface area contributed by atoms with Crippen molar-refractivity contribution < 1.29 is 0 Å². The second kappa shape index (κ2) is 6.48. The number of para-hydroxylation sites is 1. The lowest BCUT2D eigenvalue weighted by Crippen LogP contribution is -2.21. The van der Waals surface area contributed by atoms with Crippen LogP contribution in [0, 0.1) is 0 Å². The molecule has 2 heteroatoms. The van der Waals surface area contributed by atoms with Gasteiger partial charge < -0.3 is 5.32 Å². The minimum absolute atomic E-state index is 0.370. The van der Waals surface area contributed by atoms with Crippen molar-refractivity contribution in [1.82, 2.24) is 10.3 Å². The van der Waals surface area contributed by atoms with Gasteiger partial charge in [-0.3, -0.25) is 4.98 Å². The highest BCUT2D eigenvalue weighted by Gasteiger charge is 2.13. The van der Waals surface area contributed by atoms with E-state index < -0.39 is 0 Å². The zero-order valence-corrected chi connectivity index (χ0v) is 11.8. The molecule has 1 N–H and O–H groups in total. The van der Waals surface area contributed by atoms with E-state index in [0.29, 0.717) is 6.04 Å². The van der Waals surface area contributed by atoms with E-state index in [0.717, 1.165) is 24.9 Å². The van der Waals surface area contributed by atoms with Gasteiger partial charge in [0.25, 0.3) is 0 Å². The van der Waals surface area contributed by atoms with Gasteiger partial charge in [-0.05, 0) is 44.0 Å². The van der Waals surface area contributed by atoms with Crippen LogP contribution in [0.2, 0.25) is 0 Å². The summed E-state index contributed by atoms with van der Waals surface area (Å²) in [5.41, 5.74) is 3.65. The molecule has 2 aromatic rings. The van der Waals surface area contributed by atoms with Gasteiger partial charge in [-0.1, -0.05) is 30.7 Å². The molecule has 0 aliphatic rings. The smallest absolute Gasteiger partial charge is 0.0705 e. The topological polar surface area (TPSA) is 24.9 Å². The van der Waals surface area contributed by atoms with E-state index in [1.165, 1.54) is 16.5 Å². The summed E-state index contributed by atoms with van der Waals surface area (Å²) < 4.78 is 0. The van der Waals surface area contributed by atoms with Crippen molar-refractivity contribution in [2.24, 2.45) is 0 Å². The molecule has 100 valence electrons. The molecule has 1 atom stereocenters. The summed E-state index contributed by atoms with van der Waals surface area (Å²) in [5, 5.41) is 4.83. The van der Waals surface area contributed by atoms with E-state index in [-0.39, 0.29) is 0 Å². The van der Waals surface area contributed by atoms with Gasteiger partial charge >= 0.3 is 0 Å². The Morgan fingerprint density at radius 1 is 1.32 bits per heavy atom. The van der Waals surface area contributed by atoms with Gasteiger partial charge in [0.1, 0.15) is 0 Å². The van der Waals surface area contributed by atoms with Crippen LogP contribution in [0.4, 0.5) is 0 Å². The predicted molar refractivity (Wildman–Crippen MR) is 82.2 cm³/mol. The number of aromatic nitrogens is 1. The SMILES string of the molecule is C=C(C)CCC(NCC)c1ccnc2ccccc12. The van der Waals surface area contributed by atoms with E-state index in [4.69, 9.17) is 0 Å². The Hall–Kier alpha value is -1.67. The van der Waals surface area contributed by atoms with Crippen molar-refractivity contribution in [3.63, 3.8) is 0 Å². The third-order valence-electron chi connectivity index (χ3n) is 3.37. The molecule has 0 radical (unpaired) electrons. The fraction of sp³-hybridized carbons (Fsp3) is 0.353. The van der Waals surface area contributed by atoms with Crippen LogP contribution in [0.3, 0.4) is 0 Å². The predicted octanol–water partition coefficient (Wildman–Crippen LogP) is 4.24. The Morgan fingerprint density at radius 3 is 2.84 bits per heavy atom. The second-order valence-electron chi connectivity index (χ2n) is 5.02. The molecule has 1 aromatic carbocycles. The van der Waals surface area contributed by atoms with E-state index in [1.807, 2.05) is 12.3 Å². The first-order valence-electron chi connectivity index (χ1n) is 6.93. The summed E-state index contributed by atoms with van der Waals surface area (Å²) in [4.78, 5) is 4.43. The van der Waals surface area contributed by atoms with Crippen LogP contribution in [0.5, 0.6) is 0 Å². The van der Waals surface area contributed by atoms with E-state index in [1.54, 1.807) is 0 Å². The monoisotopic (exact) mass is 254 g/mol. The van der Waals surface area contributed by atoms with Crippen LogP contribution >= 0.6 is 0 Å². The van der Waals surface area contributed by atoms with Crippen LogP contribution in [-0.2, 0) is 0 Å². The molecule has 2 nitrogen and oxygen atoms in total. The first-order chi connectivity index (χ1) is 9.22. The second-order valence-corrected chi connectivity index (χ2v) is 5.02. The minimum atomic E-state index is 0.370. The van der Waals surface area contributed by atoms with Crippen LogP contribution in [0.1, 0.15) is 38.3 Å². The fourth-order valence-electron chi connectivity index (χ4n) is 2.43. The van der Waals surface area contributed by atoms with Crippen LogP contribution in [-0.4, -0.2) is 11.5 Å². The number of pyridine rings is 1. The molecule has 0 bridgehead atoms. The van der Waals surface area contributed by atoms with Crippen LogP contribution in [0.15, 0.2) is 48.7 Å². The minimum Gasteiger partial charge on any atom is -0.310 e. The highest BCUT2D eigenvalue weighted by molar-refractivity contribution is 5.82. The number of fused-ring (bicyclic) bond motifs is 1. The number of hydrogen-bond donors (Lipinski definition) is 1. The van der Waals surface area contributed by atoms with Gasteiger partial charge in [-0.2, -0.15) is 0 Å². The summed E-state index contributed by atoms with van der Waals surface area (Å²) in [6, 6.07) is 10.8. The lowest BCUT2D eigenvalue weighted by molar-refractivity contribution is 0.517. The maximum atomic E-state index is 4.43. The Bertz CT molecular complexity index is 555. The molecule has 0 saturated heterocycles. The van der Waals surface area contributed by atoms with Crippen molar-refractivity contribution in [1.29, 1.82) is 0 Å². The lowest BCUT2D eigenvalue weighted by atomic mass is 9.97. The fourth-order valence-corrected chi connectivity index (χ4v) is 2.43. The standard InChI is InChI=1S/C17H22N2/c1-4-18-17(10-9-13(2)3)15-11-12-19-16-8-6-5-7-14(15)16/h5-8,11-12,17-18H,2,4,9-10H2,1,3H3. The highest BCUT2D eigenvalue weighted by atomic mass is 14.9. The van der Waals surface area contributed by atoms with Gasteiger partial charge in [-0.25, -0.2) is 0 Å². The summed E-state index contributed by atoms with van der Waals surface area (Å²) >= 11 is 0. The molecule has 19 heavy (non-hydrogen) atoms. The van der Waals surface area contributed by atoms with Crippen molar-refractivity contribution in [2.75, 3.05) is 6.54 Å². The Kier molecular flexibility index (Phi) is 4.69. The van der Waals surface area contributed by atoms with Gasteiger partial charge in [-0.15, -0.1) is 6.58 Å². The van der Waals surface area contributed by atoms with E-state index in [2.05, 4.69) is 55.0 Å². The maximum Gasteiger partial charge on any atom is 0.0705 e. The van der Waals surface area contributed by atoms with Crippen molar-refractivity contribution in [3.05, 3.63) is 54.2 Å². The zero-order valence-electron chi connectivity index (χ0n) is 11.8. The van der Waals surface area contributed by atoms with Crippen molar-refractivity contribution in [2.45, 2.75) is 32.7 Å².